The smallest absolute Gasteiger partial charge is 0.147 e. The maximum absolute atomic E-state index is 13.4. The fourth-order valence-electron chi connectivity index (χ4n) is 1.33. The van der Waals surface area contributed by atoms with Gasteiger partial charge in [-0.3, -0.25) is 0 Å². The molecule has 6 heteroatoms. The van der Waals surface area contributed by atoms with Crippen molar-refractivity contribution in [3.63, 3.8) is 0 Å². The lowest BCUT2D eigenvalue weighted by Gasteiger charge is -2.04. The zero-order valence-corrected chi connectivity index (χ0v) is 12.1. The lowest BCUT2D eigenvalue weighted by Crippen LogP contribution is -2.01. The number of rotatable bonds is 2. The van der Waals surface area contributed by atoms with Gasteiger partial charge in [0.25, 0.3) is 0 Å². The first-order valence-corrected chi connectivity index (χ1v) is 6.52. The quantitative estimate of drug-likeness (QED) is 0.576. The average Bonchev–Trinajstić information content (AvgIpc) is 2.29. The van der Waals surface area contributed by atoms with Crippen LogP contribution in [-0.2, 0) is 6.42 Å². The summed E-state index contributed by atoms with van der Waals surface area (Å²) in [6, 6.07) is 6.46. The summed E-state index contributed by atoms with van der Waals surface area (Å²) in [5.74, 6) is 0.118. The molecule has 0 unspecified atom stereocenters. The Kier molecular flexibility index (Phi) is 4.17. The van der Waals surface area contributed by atoms with E-state index in [9.17, 15) is 4.39 Å². The zero-order chi connectivity index (χ0) is 12.4. The van der Waals surface area contributed by atoms with E-state index in [1.54, 1.807) is 18.2 Å². The fraction of sp³-hybridized carbons (Fsp3) is 0.0909. The van der Waals surface area contributed by atoms with Gasteiger partial charge >= 0.3 is 0 Å². The van der Waals surface area contributed by atoms with E-state index in [0.717, 1.165) is 0 Å². The summed E-state index contributed by atoms with van der Waals surface area (Å²) in [6.45, 7) is 0. The normalized spacial score (nSPS) is 10.6. The molecule has 0 N–H and O–H groups in total. The molecule has 2 aromatic rings. The first-order chi connectivity index (χ1) is 8.08. The molecule has 0 atom stereocenters. The van der Waals surface area contributed by atoms with Crippen LogP contribution in [0.4, 0.5) is 4.39 Å². The maximum atomic E-state index is 13.4. The van der Waals surface area contributed by atoms with Crippen molar-refractivity contribution in [2.75, 3.05) is 0 Å². The SMILES string of the molecule is Fc1ccccc1Cc1nc(Cl)c(I)c(Cl)n1. The minimum atomic E-state index is -0.290. The van der Waals surface area contributed by atoms with E-state index in [1.807, 2.05) is 22.6 Å². The summed E-state index contributed by atoms with van der Waals surface area (Å²) in [6.07, 6.45) is 0.267. The number of nitrogens with zero attached hydrogens (tertiary/aromatic N) is 2. The first-order valence-electron chi connectivity index (χ1n) is 4.68. The van der Waals surface area contributed by atoms with Crippen LogP contribution in [0.2, 0.25) is 10.3 Å². The van der Waals surface area contributed by atoms with Crippen molar-refractivity contribution in [2.45, 2.75) is 6.42 Å². The molecule has 17 heavy (non-hydrogen) atoms. The van der Waals surface area contributed by atoms with E-state index < -0.39 is 0 Å². The van der Waals surface area contributed by atoms with Crippen molar-refractivity contribution < 1.29 is 4.39 Å². The molecule has 0 radical (unpaired) electrons. The molecule has 0 saturated carbocycles. The number of hydrogen-bond donors (Lipinski definition) is 0. The predicted octanol–water partition coefficient (Wildman–Crippen LogP) is 4.12. The molecule has 1 aromatic carbocycles. The number of aromatic nitrogens is 2. The Bertz CT molecular complexity index is 540. The summed E-state index contributed by atoms with van der Waals surface area (Å²) >= 11 is 13.7. The van der Waals surface area contributed by atoms with Crippen LogP contribution in [0.3, 0.4) is 0 Å². The molecule has 0 aliphatic heterocycles. The van der Waals surface area contributed by atoms with Gasteiger partial charge in [0, 0.05) is 6.42 Å². The summed E-state index contributed by atoms with van der Waals surface area (Å²) < 4.78 is 14.0. The molecule has 1 aromatic heterocycles. The van der Waals surface area contributed by atoms with E-state index in [4.69, 9.17) is 23.2 Å². The van der Waals surface area contributed by atoms with Gasteiger partial charge in [-0.2, -0.15) is 0 Å². The fourth-order valence-corrected chi connectivity index (χ4v) is 1.99. The molecule has 0 spiro atoms. The highest BCUT2D eigenvalue weighted by Crippen LogP contribution is 2.23. The summed E-state index contributed by atoms with van der Waals surface area (Å²) in [7, 11) is 0. The largest absolute Gasteiger partial charge is 0.220 e. The van der Waals surface area contributed by atoms with Crippen LogP contribution in [-0.4, -0.2) is 9.97 Å². The van der Waals surface area contributed by atoms with Gasteiger partial charge in [-0.1, -0.05) is 41.4 Å². The van der Waals surface area contributed by atoms with Gasteiger partial charge in [-0.15, -0.1) is 0 Å². The molecule has 0 fully saturated rings. The topological polar surface area (TPSA) is 25.8 Å². The molecular formula is C11H6Cl2FIN2. The van der Waals surface area contributed by atoms with Gasteiger partial charge in [0.15, 0.2) is 0 Å². The van der Waals surface area contributed by atoms with E-state index in [-0.39, 0.29) is 22.5 Å². The lowest BCUT2D eigenvalue weighted by molar-refractivity contribution is 0.612. The van der Waals surface area contributed by atoms with E-state index in [0.29, 0.717) is 15.0 Å². The third kappa shape index (κ3) is 3.05. The first kappa shape index (κ1) is 13.0. The Labute approximate surface area is 121 Å². The van der Waals surface area contributed by atoms with Crippen LogP contribution in [0.15, 0.2) is 24.3 Å². The van der Waals surface area contributed by atoms with Crippen molar-refractivity contribution in [3.8, 4) is 0 Å². The number of benzene rings is 1. The van der Waals surface area contributed by atoms with Crippen LogP contribution in [0.25, 0.3) is 0 Å². The molecule has 0 bridgehead atoms. The third-order valence-electron chi connectivity index (χ3n) is 2.12. The Hall–Kier alpha value is -0.460. The van der Waals surface area contributed by atoms with E-state index in [1.165, 1.54) is 6.07 Å². The van der Waals surface area contributed by atoms with Gasteiger partial charge < -0.3 is 0 Å². The highest BCUT2D eigenvalue weighted by Gasteiger charge is 2.10. The standard InChI is InChI=1S/C11H6Cl2FIN2/c12-10-9(15)11(13)17-8(16-10)5-6-3-1-2-4-7(6)14/h1-4H,5H2. The predicted molar refractivity (Wildman–Crippen MR) is 74.0 cm³/mol. The van der Waals surface area contributed by atoms with Crippen molar-refractivity contribution in [1.82, 2.24) is 9.97 Å². The molecule has 0 aliphatic rings. The molecule has 0 aliphatic carbocycles. The third-order valence-corrected chi connectivity index (χ3v) is 4.33. The van der Waals surface area contributed by atoms with Gasteiger partial charge in [-0.25, -0.2) is 14.4 Å². The minimum Gasteiger partial charge on any atom is -0.220 e. The Balaban J connectivity index is 2.34. The second-order valence-corrected chi connectivity index (χ2v) is 5.10. The zero-order valence-electron chi connectivity index (χ0n) is 8.42. The van der Waals surface area contributed by atoms with Gasteiger partial charge in [0.2, 0.25) is 0 Å². The van der Waals surface area contributed by atoms with Crippen LogP contribution in [0, 0.1) is 9.39 Å². The molecule has 0 saturated heterocycles. The summed E-state index contributed by atoms with van der Waals surface area (Å²) in [4.78, 5) is 8.13. The molecule has 88 valence electrons. The molecule has 1 heterocycles. The van der Waals surface area contributed by atoms with Crippen LogP contribution in [0.5, 0.6) is 0 Å². The molecule has 0 amide bonds. The molecule has 2 nitrogen and oxygen atoms in total. The number of hydrogen-bond acceptors (Lipinski definition) is 2. The van der Waals surface area contributed by atoms with Gasteiger partial charge in [0.1, 0.15) is 21.9 Å². The van der Waals surface area contributed by atoms with Crippen molar-refractivity contribution >= 4 is 45.8 Å². The monoisotopic (exact) mass is 382 g/mol. The Morgan fingerprint density at radius 1 is 1.12 bits per heavy atom. The second kappa shape index (κ2) is 5.46. The van der Waals surface area contributed by atoms with Crippen LogP contribution >= 0.6 is 45.8 Å². The Morgan fingerprint density at radius 2 is 1.71 bits per heavy atom. The van der Waals surface area contributed by atoms with Gasteiger partial charge in [0.05, 0.1) is 3.57 Å². The summed E-state index contributed by atoms with van der Waals surface area (Å²) in [5.41, 5.74) is 0.515. The van der Waals surface area contributed by atoms with Crippen molar-refractivity contribution in [2.24, 2.45) is 0 Å². The second-order valence-electron chi connectivity index (χ2n) is 3.30. The Morgan fingerprint density at radius 3 is 2.29 bits per heavy atom. The summed E-state index contributed by atoms with van der Waals surface area (Å²) in [5, 5.41) is 0.578. The van der Waals surface area contributed by atoms with Crippen LogP contribution in [0.1, 0.15) is 11.4 Å². The highest BCUT2D eigenvalue weighted by molar-refractivity contribution is 14.1. The number of halogens is 4. The van der Waals surface area contributed by atoms with Gasteiger partial charge in [-0.05, 0) is 34.2 Å². The van der Waals surface area contributed by atoms with E-state index in [2.05, 4.69) is 9.97 Å². The average molecular weight is 383 g/mol. The lowest BCUT2D eigenvalue weighted by atomic mass is 10.1. The maximum Gasteiger partial charge on any atom is 0.147 e. The van der Waals surface area contributed by atoms with Crippen molar-refractivity contribution in [3.05, 3.63) is 55.3 Å². The van der Waals surface area contributed by atoms with E-state index >= 15 is 0 Å². The highest BCUT2D eigenvalue weighted by atomic mass is 127. The van der Waals surface area contributed by atoms with Crippen LogP contribution < -0.4 is 0 Å². The molecule has 2 rings (SSSR count). The minimum absolute atomic E-state index is 0.267. The van der Waals surface area contributed by atoms with Crippen molar-refractivity contribution in [1.29, 1.82) is 0 Å². The molecular weight excluding hydrogens is 377 g/mol.